The number of ether oxygens (including phenoxy) is 1. The van der Waals surface area contributed by atoms with E-state index in [2.05, 4.69) is 62.6 Å². The van der Waals surface area contributed by atoms with E-state index in [1.54, 1.807) is 6.08 Å². The smallest absolute Gasteiger partial charge is 0.329 e. The number of imide groups is 1. The molecular formula is C25H20I2N2O3. The standard InChI is InChI=1S/C25H20I2N2O3/c1-16-3-2-4-19(11-16)14-29-24(30)22(28-25(29)31)13-18-7-10-23(21(27)12-18)32-15-17-5-8-20(26)9-6-17/h2-13H,14-15H2,1H3,(H,28,31)/b22-13+. The highest BCUT2D eigenvalue weighted by Gasteiger charge is 2.33. The van der Waals surface area contributed by atoms with Crippen molar-refractivity contribution in [1.82, 2.24) is 10.2 Å². The molecule has 7 heteroatoms. The molecule has 162 valence electrons. The average Bonchev–Trinajstić information content (AvgIpc) is 3.02. The van der Waals surface area contributed by atoms with E-state index in [1.165, 1.54) is 8.47 Å². The van der Waals surface area contributed by atoms with Crippen molar-refractivity contribution in [3.63, 3.8) is 0 Å². The molecule has 3 amide bonds. The van der Waals surface area contributed by atoms with Crippen LogP contribution >= 0.6 is 45.2 Å². The van der Waals surface area contributed by atoms with Crippen LogP contribution in [0, 0.1) is 14.1 Å². The van der Waals surface area contributed by atoms with Gasteiger partial charge < -0.3 is 10.1 Å². The van der Waals surface area contributed by atoms with Crippen molar-refractivity contribution in [3.8, 4) is 5.75 Å². The number of benzene rings is 3. The summed E-state index contributed by atoms with van der Waals surface area (Å²) in [4.78, 5) is 26.4. The van der Waals surface area contributed by atoms with Crippen molar-refractivity contribution in [2.24, 2.45) is 0 Å². The highest BCUT2D eigenvalue weighted by atomic mass is 127. The zero-order chi connectivity index (χ0) is 22.7. The van der Waals surface area contributed by atoms with Crippen LogP contribution < -0.4 is 10.1 Å². The molecule has 1 fully saturated rings. The first kappa shape index (κ1) is 22.8. The number of carbonyl (C=O) groups excluding carboxylic acids is 2. The minimum atomic E-state index is -0.407. The number of aryl methyl sites for hydroxylation is 1. The summed E-state index contributed by atoms with van der Waals surface area (Å²) >= 11 is 4.49. The normalized spacial score (nSPS) is 14.7. The molecule has 0 unspecified atom stereocenters. The Labute approximate surface area is 214 Å². The molecule has 0 bridgehead atoms. The maximum atomic E-state index is 12.8. The number of nitrogens with zero attached hydrogens (tertiary/aromatic N) is 1. The predicted molar refractivity (Wildman–Crippen MR) is 141 cm³/mol. The highest BCUT2D eigenvalue weighted by Crippen LogP contribution is 2.25. The fourth-order valence-electron chi connectivity index (χ4n) is 3.34. The van der Waals surface area contributed by atoms with Gasteiger partial charge in [0, 0.05) is 3.57 Å². The summed E-state index contributed by atoms with van der Waals surface area (Å²) in [5.41, 5.74) is 4.19. The van der Waals surface area contributed by atoms with Gasteiger partial charge in [0.25, 0.3) is 5.91 Å². The molecule has 0 atom stereocenters. The van der Waals surface area contributed by atoms with Crippen molar-refractivity contribution in [1.29, 1.82) is 0 Å². The molecule has 4 rings (SSSR count). The first-order valence-electron chi connectivity index (χ1n) is 9.96. The molecule has 1 heterocycles. The van der Waals surface area contributed by atoms with Crippen molar-refractivity contribution >= 4 is 63.2 Å². The Balaban J connectivity index is 1.45. The summed E-state index contributed by atoms with van der Waals surface area (Å²) in [5, 5.41) is 2.69. The Morgan fingerprint density at radius 1 is 0.969 bits per heavy atom. The number of carbonyl (C=O) groups is 2. The summed E-state index contributed by atoms with van der Waals surface area (Å²) in [5.74, 6) is 0.444. The van der Waals surface area contributed by atoms with Gasteiger partial charge in [-0.25, -0.2) is 4.79 Å². The van der Waals surface area contributed by atoms with Gasteiger partial charge in [-0.2, -0.15) is 0 Å². The summed E-state index contributed by atoms with van der Waals surface area (Å²) < 4.78 is 8.05. The molecule has 1 aliphatic heterocycles. The molecule has 0 radical (unpaired) electrons. The van der Waals surface area contributed by atoms with Crippen LogP contribution in [0.15, 0.2) is 72.4 Å². The molecule has 1 aliphatic rings. The minimum absolute atomic E-state index is 0.243. The van der Waals surface area contributed by atoms with Gasteiger partial charge in [-0.1, -0.05) is 48.0 Å². The lowest BCUT2D eigenvalue weighted by Gasteiger charge is -2.12. The van der Waals surface area contributed by atoms with E-state index >= 15 is 0 Å². The Morgan fingerprint density at radius 3 is 2.47 bits per heavy atom. The van der Waals surface area contributed by atoms with Crippen LogP contribution in [0.25, 0.3) is 6.08 Å². The Hall–Kier alpha value is -2.40. The maximum Gasteiger partial charge on any atom is 0.329 e. The molecule has 5 nitrogen and oxygen atoms in total. The average molecular weight is 650 g/mol. The van der Waals surface area contributed by atoms with E-state index in [4.69, 9.17) is 4.74 Å². The molecule has 0 aromatic heterocycles. The Morgan fingerprint density at radius 2 is 1.75 bits per heavy atom. The van der Waals surface area contributed by atoms with Gasteiger partial charge in [-0.05, 0) is 99.1 Å². The fourth-order valence-corrected chi connectivity index (χ4v) is 4.40. The number of rotatable bonds is 6. The summed E-state index contributed by atoms with van der Waals surface area (Å²) in [6, 6.07) is 21.3. The lowest BCUT2D eigenvalue weighted by molar-refractivity contribution is -0.123. The highest BCUT2D eigenvalue weighted by molar-refractivity contribution is 14.1. The van der Waals surface area contributed by atoms with E-state index in [0.717, 1.165) is 31.6 Å². The van der Waals surface area contributed by atoms with Crippen molar-refractivity contribution in [3.05, 3.63) is 102 Å². The third-order valence-electron chi connectivity index (χ3n) is 4.96. The number of hydrogen-bond acceptors (Lipinski definition) is 3. The van der Waals surface area contributed by atoms with Crippen LogP contribution in [0.4, 0.5) is 4.79 Å². The summed E-state index contributed by atoms with van der Waals surface area (Å²) in [6.07, 6.45) is 1.70. The van der Waals surface area contributed by atoms with Crippen LogP contribution in [0.1, 0.15) is 22.3 Å². The lowest BCUT2D eigenvalue weighted by atomic mass is 10.1. The molecule has 3 aromatic carbocycles. The number of halogens is 2. The number of nitrogens with one attached hydrogen (secondary N) is 1. The molecule has 3 aromatic rings. The first-order valence-corrected chi connectivity index (χ1v) is 12.1. The van der Waals surface area contributed by atoms with Gasteiger partial charge in [0.05, 0.1) is 10.1 Å². The van der Waals surface area contributed by atoms with E-state index in [1.807, 2.05) is 61.5 Å². The van der Waals surface area contributed by atoms with Crippen LogP contribution in [-0.2, 0) is 17.9 Å². The molecular weight excluding hydrogens is 630 g/mol. The lowest BCUT2D eigenvalue weighted by Crippen LogP contribution is -2.30. The largest absolute Gasteiger partial charge is 0.488 e. The van der Waals surface area contributed by atoms with E-state index in [9.17, 15) is 9.59 Å². The van der Waals surface area contributed by atoms with Crippen molar-refractivity contribution in [2.75, 3.05) is 0 Å². The quantitative estimate of drug-likeness (QED) is 0.206. The van der Waals surface area contributed by atoms with Gasteiger partial charge in [-0.3, -0.25) is 9.69 Å². The summed E-state index contributed by atoms with van der Waals surface area (Å²) in [7, 11) is 0. The number of hydrogen-bond donors (Lipinski definition) is 1. The second-order valence-electron chi connectivity index (χ2n) is 7.47. The fraction of sp³-hybridized carbons (Fsp3) is 0.120. The van der Waals surface area contributed by atoms with E-state index in [-0.39, 0.29) is 18.1 Å². The Bertz CT molecular complexity index is 1210. The third kappa shape index (κ3) is 5.50. The van der Waals surface area contributed by atoms with Gasteiger partial charge in [-0.15, -0.1) is 0 Å². The maximum absolute atomic E-state index is 12.8. The van der Waals surface area contributed by atoms with Crippen LogP contribution in [0.3, 0.4) is 0 Å². The molecule has 1 N–H and O–H groups in total. The predicted octanol–water partition coefficient (Wildman–Crippen LogP) is 5.88. The zero-order valence-corrected chi connectivity index (χ0v) is 21.6. The number of urea groups is 1. The van der Waals surface area contributed by atoms with Crippen LogP contribution in [-0.4, -0.2) is 16.8 Å². The summed E-state index contributed by atoms with van der Waals surface area (Å²) in [6.45, 7) is 2.71. The molecule has 0 aliphatic carbocycles. The van der Waals surface area contributed by atoms with Gasteiger partial charge in [0.2, 0.25) is 0 Å². The van der Waals surface area contributed by atoms with Crippen LogP contribution in [0.2, 0.25) is 0 Å². The van der Waals surface area contributed by atoms with Crippen molar-refractivity contribution in [2.45, 2.75) is 20.1 Å². The molecule has 0 spiro atoms. The zero-order valence-electron chi connectivity index (χ0n) is 17.3. The van der Waals surface area contributed by atoms with Gasteiger partial charge >= 0.3 is 6.03 Å². The molecule has 0 saturated carbocycles. The van der Waals surface area contributed by atoms with E-state index < -0.39 is 6.03 Å². The topological polar surface area (TPSA) is 58.6 Å². The second-order valence-corrected chi connectivity index (χ2v) is 9.88. The Kier molecular flexibility index (Phi) is 7.14. The first-order chi connectivity index (χ1) is 15.4. The molecule has 1 saturated heterocycles. The van der Waals surface area contributed by atoms with E-state index in [0.29, 0.717) is 6.61 Å². The van der Waals surface area contributed by atoms with Crippen LogP contribution in [0.5, 0.6) is 5.75 Å². The monoisotopic (exact) mass is 650 g/mol. The number of amides is 3. The van der Waals surface area contributed by atoms with Crippen molar-refractivity contribution < 1.29 is 14.3 Å². The van der Waals surface area contributed by atoms with Gasteiger partial charge in [0.1, 0.15) is 18.1 Å². The molecule has 32 heavy (non-hydrogen) atoms. The minimum Gasteiger partial charge on any atom is -0.488 e. The third-order valence-corrected chi connectivity index (χ3v) is 6.52. The SMILES string of the molecule is Cc1cccc(CN2C(=O)N/C(=C/c3ccc(OCc4ccc(I)cc4)c(I)c3)C2=O)c1. The second kappa shape index (κ2) is 10.0. The van der Waals surface area contributed by atoms with Gasteiger partial charge in [0.15, 0.2) is 0 Å².